The van der Waals surface area contributed by atoms with Crippen LogP contribution in [0.4, 0.5) is 26.4 Å². The number of aromatic amines is 1. The lowest BCUT2D eigenvalue weighted by atomic mass is 10.0. The number of ether oxygens (including phenoxy) is 1. The van der Waals surface area contributed by atoms with Crippen LogP contribution in [-0.2, 0) is 6.54 Å². The van der Waals surface area contributed by atoms with Gasteiger partial charge in [0.25, 0.3) is 5.91 Å². The summed E-state index contributed by atoms with van der Waals surface area (Å²) < 4.78 is 19.1. The molecule has 4 aromatic rings. The van der Waals surface area contributed by atoms with Gasteiger partial charge in [0.2, 0.25) is 0 Å². The molecule has 0 unspecified atom stereocenters. The number of amides is 2. The quantitative estimate of drug-likeness (QED) is 0.287. The average Bonchev–Trinajstić information content (AvgIpc) is 3.28. The van der Waals surface area contributed by atoms with E-state index in [1.807, 2.05) is 30.3 Å². The van der Waals surface area contributed by atoms with Gasteiger partial charge in [0.1, 0.15) is 5.82 Å². The predicted molar refractivity (Wildman–Crippen MR) is 137 cm³/mol. The number of pyridine rings is 1. The van der Waals surface area contributed by atoms with Crippen LogP contribution in [0.1, 0.15) is 26.4 Å². The number of halogens is 1. The molecule has 1 aliphatic rings. The van der Waals surface area contributed by atoms with Gasteiger partial charge >= 0.3 is 6.09 Å². The van der Waals surface area contributed by atoms with Crippen molar-refractivity contribution < 1.29 is 28.6 Å². The number of para-hydroxylation sites is 2. The van der Waals surface area contributed by atoms with Gasteiger partial charge in [-0.1, -0.05) is 24.3 Å². The van der Waals surface area contributed by atoms with E-state index >= 15 is 0 Å². The molecule has 2 aromatic carbocycles. The zero-order valence-electron chi connectivity index (χ0n) is 20.1. The Labute approximate surface area is 216 Å². The predicted octanol–water partition coefficient (Wildman–Crippen LogP) is 4.90. The molecule has 0 saturated carbocycles. The van der Waals surface area contributed by atoms with Crippen molar-refractivity contribution in [1.29, 1.82) is 0 Å². The van der Waals surface area contributed by atoms with Crippen LogP contribution in [0.15, 0.2) is 66.9 Å². The van der Waals surface area contributed by atoms with E-state index in [9.17, 15) is 23.9 Å². The molecule has 2 aromatic heterocycles. The highest BCUT2D eigenvalue weighted by Gasteiger charge is 2.32. The van der Waals surface area contributed by atoms with Gasteiger partial charge in [-0.2, -0.15) is 0 Å². The Morgan fingerprint density at radius 3 is 2.63 bits per heavy atom. The number of benzene rings is 2. The number of anilines is 3. The van der Waals surface area contributed by atoms with Crippen molar-refractivity contribution in [1.82, 2.24) is 14.9 Å². The van der Waals surface area contributed by atoms with Crippen LogP contribution in [-0.4, -0.2) is 51.4 Å². The number of carboxylic acid groups (broad SMARTS) is 1. The third kappa shape index (κ3) is 4.64. The number of aromatic nitrogens is 2. The molecule has 1 aliphatic heterocycles. The van der Waals surface area contributed by atoms with Crippen molar-refractivity contribution in [3.63, 3.8) is 0 Å². The third-order valence-electron chi connectivity index (χ3n) is 6.06. The number of Topliss-reactive ketones (excluding diaryl/α,β-unsaturated/α-hetero) is 1. The number of fused-ring (bicyclic) bond motifs is 1. The van der Waals surface area contributed by atoms with Crippen LogP contribution in [0, 0.1) is 5.82 Å². The minimum absolute atomic E-state index is 0.000771. The summed E-state index contributed by atoms with van der Waals surface area (Å²) in [5, 5.41) is 15.4. The number of nitrogens with one attached hydrogen (secondary N) is 3. The molecule has 0 aliphatic carbocycles. The molecule has 0 saturated heterocycles. The summed E-state index contributed by atoms with van der Waals surface area (Å²) >= 11 is 0. The Kier molecular flexibility index (Phi) is 6.48. The summed E-state index contributed by atoms with van der Waals surface area (Å²) in [4.78, 5) is 45.9. The molecule has 0 bridgehead atoms. The molecule has 38 heavy (non-hydrogen) atoms. The van der Waals surface area contributed by atoms with E-state index in [0.717, 1.165) is 10.6 Å². The van der Waals surface area contributed by atoms with E-state index in [4.69, 9.17) is 4.74 Å². The number of methoxy groups -OCH3 is 1. The van der Waals surface area contributed by atoms with Crippen LogP contribution >= 0.6 is 0 Å². The molecule has 0 spiro atoms. The van der Waals surface area contributed by atoms with Crippen molar-refractivity contribution in [2.75, 3.05) is 24.3 Å². The standard InChI is InChI=1S/C27H22FN5O5/c1-38-25-17(8-5-9-18(25)28)26(35)32-21-12-15(10-11-29-21)23-24(30-16-6-3-2-4-7-16)22-19(31-23)13-33(27(36)37)14-20(22)34/h2-12,30-31H,13-14H2,1H3,(H,36,37)(H,29,32,35). The fourth-order valence-corrected chi connectivity index (χ4v) is 4.35. The van der Waals surface area contributed by atoms with Crippen molar-refractivity contribution >= 4 is 35.0 Å². The summed E-state index contributed by atoms with van der Waals surface area (Å²) in [5.41, 5.74) is 3.11. The van der Waals surface area contributed by atoms with Gasteiger partial charge in [-0.25, -0.2) is 14.2 Å². The smallest absolute Gasteiger partial charge is 0.408 e. The van der Waals surface area contributed by atoms with Gasteiger partial charge in [-0.05, 0) is 36.4 Å². The Morgan fingerprint density at radius 1 is 1.11 bits per heavy atom. The zero-order valence-corrected chi connectivity index (χ0v) is 20.1. The van der Waals surface area contributed by atoms with Crippen LogP contribution in [0.5, 0.6) is 5.75 Å². The largest absolute Gasteiger partial charge is 0.493 e. The van der Waals surface area contributed by atoms with Crippen molar-refractivity contribution in [2.24, 2.45) is 0 Å². The van der Waals surface area contributed by atoms with Gasteiger partial charge in [0, 0.05) is 23.1 Å². The summed E-state index contributed by atoms with van der Waals surface area (Å²) in [6, 6.07) is 16.5. The van der Waals surface area contributed by atoms with Crippen LogP contribution in [0.25, 0.3) is 11.3 Å². The molecular weight excluding hydrogens is 493 g/mol. The molecule has 0 atom stereocenters. The first kappa shape index (κ1) is 24.5. The Hall–Kier alpha value is -5.19. The van der Waals surface area contributed by atoms with E-state index in [-0.39, 0.29) is 36.0 Å². The maximum atomic E-state index is 14.1. The lowest BCUT2D eigenvalue weighted by Crippen LogP contribution is -2.38. The van der Waals surface area contributed by atoms with Gasteiger partial charge in [-0.3, -0.25) is 14.5 Å². The summed E-state index contributed by atoms with van der Waals surface area (Å²) in [6.07, 6.45) is 0.282. The Balaban J connectivity index is 1.54. The molecule has 192 valence electrons. The molecule has 5 rings (SSSR count). The number of carbonyl (C=O) groups is 3. The van der Waals surface area contributed by atoms with E-state index in [1.54, 1.807) is 12.1 Å². The molecular formula is C27H22FN5O5. The van der Waals surface area contributed by atoms with Crippen molar-refractivity contribution in [3.8, 4) is 17.0 Å². The normalized spacial score (nSPS) is 12.6. The lowest BCUT2D eigenvalue weighted by molar-refractivity contribution is 0.0874. The van der Waals surface area contributed by atoms with Gasteiger partial charge in [0.15, 0.2) is 17.3 Å². The van der Waals surface area contributed by atoms with Gasteiger partial charge < -0.3 is 25.5 Å². The molecule has 2 amide bonds. The van der Waals surface area contributed by atoms with Gasteiger partial charge in [0.05, 0.1) is 42.7 Å². The van der Waals surface area contributed by atoms with Gasteiger partial charge in [-0.15, -0.1) is 0 Å². The van der Waals surface area contributed by atoms with E-state index in [2.05, 4.69) is 20.6 Å². The number of ketones is 1. The summed E-state index contributed by atoms with van der Waals surface area (Å²) in [6.45, 7) is -0.260. The zero-order chi connectivity index (χ0) is 26.8. The molecule has 10 nitrogen and oxygen atoms in total. The van der Waals surface area contributed by atoms with E-state index in [1.165, 1.54) is 31.5 Å². The summed E-state index contributed by atoms with van der Waals surface area (Å²) in [5.74, 6) is -1.65. The fraction of sp³-hybridized carbons (Fsp3) is 0.111. The number of hydrogen-bond donors (Lipinski definition) is 4. The first-order valence-electron chi connectivity index (χ1n) is 11.5. The Morgan fingerprint density at radius 2 is 1.89 bits per heavy atom. The average molecular weight is 516 g/mol. The monoisotopic (exact) mass is 515 g/mol. The van der Waals surface area contributed by atoms with Crippen LogP contribution in [0.3, 0.4) is 0 Å². The van der Waals surface area contributed by atoms with Crippen LogP contribution < -0.4 is 15.4 Å². The second-order valence-corrected chi connectivity index (χ2v) is 8.49. The fourth-order valence-electron chi connectivity index (χ4n) is 4.35. The number of carbonyl (C=O) groups excluding carboxylic acids is 2. The van der Waals surface area contributed by atoms with E-state index < -0.39 is 17.8 Å². The maximum Gasteiger partial charge on any atom is 0.408 e. The second-order valence-electron chi connectivity index (χ2n) is 8.49. The SMILES string of the molecule is COc1c(F)cccc1C(=O)Nc1cc(-c2[nH]c3c(c2Nc2ccccc2)C(=O)CN(C(=O)O)C3)ccn1. The molecule has 4 N–H and O–H groups in total. The minimum Gasteiger partial charge on any atom is -0.493 e. The molecule has 0 radical (unpaired) electrons. The minimum atomic E-state index is -1.19. The molecule has 11 heteroatoms. The maximum absolute atomic E-state index is 14.1. The first-order chi connectivity index (χ1) is 18.4. The van der Waals surface area contributed by atoms with Crippen molar-refractivity contribution in [3.05, 3.63) is 89.5 Å². The Bertz CT molecular complexity index is 1550. The number of rotatable bonds is 6. The highest BCUT2D eigenvalue weighted by molar-refractivity contribution is 6.09. The van der Waals surface area contributed by atoms with E-state index in [0.29, 0.717) is 28.2 Å². The number of hydrogen-bond acceptors (Lipinski definition) is 6. The highest BCUT2D eigenvalue weighted by atomic mass is 19.1. The topological polar surface area (TPSA) is 137 Å². The molecule has 3 heterocycles. The van der Waals surface area contributed by atoms with Crippen molar-refractivity contribution in [2.45, 2.75) is 6.54 Å². The van der Waals surface area contributed by atoms with Crippen LogP contribution in [0.2, 0.25) is 0 Å². The second kappa shape index (κ2) is 10.1. The highest BCUT2D eigenvalue weighted by Crippen LogP contribution is 2.38. The summed E-state index contributed by atoms with van der Waals surface area (Å²) in [7, 11) is 1.27. The number of nitrogens with zero attached hydrogens (tertiary/aromatic N) is 2. The number of H-pyrrole nitrogens is 1. The molecule has 0 fully saturated rings. The third-order valence-corrected chi connectivity index (χ3v) is 6.06. The first-order valence-corrected chi connectivity index (χ1v) is 11.5. The lowest BCUT2D eigenvalue weighted by Gasteiger charge is -2.23.